The summed E-state index contributed by atoms with van der Waals surface area (Å²) in [5.74, 6) is -0.946. The Morgan fingerprint density at radius 3 is 2.31 bits per heavy atom. The largest absolute Gasteiger partial charge is 0.352 e. The number of sulfonamides is 1. The third-order valence-electron chi connectivity index (χ3n) is 6.94. The first-order valence-corrected chi connectivity index (χ1v) is 15.9. The Hall–Kier alpha value is -2.36. The van der Waals surface area contributed by atoms with E-state index in [9.17, 15) is 22.4 Å². The minimum absolute atomic E-state index is 0.0156. The van der Waals surface area contributed by atoms with Crippen LogP contribution in [0.1, 0.15) is 63.9 Å². The number of halogens is 3. The first kappa shape index (κ1) is 31.2. The summed E-state index contributed by atoms with van der Waals surface area (Å²) in [6.07, 6.45) is 6.85. The maximum absolute atomic E-state index is 13.6. The molecule has 1 N–H and O–H groups in total. The first-order valence-electron chi connectivity index (χ1n) is 13.3. The molecule has 0 bridgehead atoms. The lowest BCUT2D eigenvalue weighted by Crippen LogP contribution is -2.51. The maximum Gasteiger partial charge on any atom is 0.243 e. The van der Waals surface area contributed by atoms with Gasteiger partial charge in [0.2, 0.25) is 21.8 Å². The molecule has 0 aliphatic heterocycles. The summed E-state index contributed by atoms with van der Waals surface area (Å²) >= 11 is 12.3. The van der Waals surface area contributed by atoms with E-state index in [4.69, 9.17) is 23.2 Å². The van der Waals surface area contributed by atoms with Gasteiger partial charge >= 0.3 is 0 Å². The molecule has 0 saturated heterocycles. The van der Waals surface area contributed by atoms with Crippen molar-refractivity contribution in [1.29, 1.82) is 0 Å². The molecule has 1 saturated carbocycles. The van der Waals surface area contributed by atoms with Gasteiger partial charge in [0.1, 0.15) is 11.9 Å². The molecule has 0 radical (unpaired) electrons. The third-order valence-corrected chi connectivity index (χ3v) is 8.87. The number of benzene rings is 2. The van der Waals surface area contributed by atoms with Crippen molar-refractivity contribution in [2.24, 2.45) is 0 Å². The number of carbonyl (C=O) groups excluding carboxylic acids is 2. The standard InChI is InChI=1S/C28H36Cl2FN3O4S/c1-3-26(28(36)32-22-8-5-4-6-9-22)33(19-20-11-16-24(29)25(30)18-20)27(35)10-7-17-34(39(2,37)38)23-14-12-21(31)13-15-23/h11-16,18,22,26H,3-10,17,19H2,1-2H3,(H,32,36). The van der Waals surface area contributed by atoms with Crippen LogP contribution in [-0.4, -0.2) is 50.0 Å². The molecule has 11 heteroatoms. The van der Waals surface area contributed by atoms with Gasteiger partial charge in [0.25, 0.3) is 0 Å². The number of nitrogens with one attached hydrogen (secondary N) is 1. The second-order valence-corrected chi connectivity index (χ2v) is 12.7. The lowest BCUT2D eigenvalue weighted by Gasteiger charge is -2.33. The molecule has 1 aliphatic rings. The van der Waals surface area contributed by atoms with E-state index in [1.54, 1.807) is 23.1 Å². The zero-order valence-electron chi connectivity index (χ0n) is 22.3. The number of anilines is 1. The SMILES string of the molecule is CCC(C(=O)NC1CCCCC1)N(Cc1ccc(Cl)c(Cl)c1)C(=O)CCCN(c1ccc(F)cc1)S(C)(=O)=O. The van der Waals surface area contributed by atoms with Gasteiger partial charge in [-0.3, -0.25) is 13.9 Å². The summed E-state index contributed by atoms with van der Waals surface area (Å²) in [5, 5.41) is 3.88. The summed E-state index contributed by atoms with van der Waals surface area (Å²) in [5.41, 5.74) is 1.04. The Morgan fingerprint density at radius 1 is 1.05 bits per heavy atom. The zero-order chi connectivity index (χ0) is 28.6. The Kier molecular flexibility index (Phi) is 11.4. The van der Waals surface area contributed by atoms with Crippen molar-refractivity contribution in [3.63, 3.8) is 0 Å². The molecule has 0 heterocycles. The lowest BCUT2D eigenvalue weighted by molar-refractivity contribution is -0.141. The van der Waals surface area contributed by atoms with Crippen LogP contribution < -0.4 is 9.62 Å². The zero-order valence-corrected chi connectivity index (χ0v) is 24.7. The van der Waals surface area contributed by atoms with E-state index >= 15 is 0 Å². The molecule has 1 fully saturated rings. The van der Waals surface area contributed by atoms with Crippen LogP contribution in [0.5, 0.6) is 0 Å². The highest BCUT2D eigenvalue weighted by Crippen LogP contribution is 2.25. The fourth-order valence-electron chi connectivity index (χ4n) is 4.91. The summed E-state index contributed by atoms with van der Waals surface area (Å²) in [6, 6.07) is 9.64. The van der Waals surface area contributed by atoms with Gasteiger partial charge in [0, 0.05) is 25.6 Å². The van der Waals surface area contributed by atoms with E-state index in [1.165, 1.54) is 24.3 Å². The van der Waals surface area contributed by atoms with Gasteiger partial charge in [0.15, 0.2) is 0 Å². The molecule has 2 aromatic carbocycles. The van der Waals surface area contributed by atoms with Crippen LogP contribution in [0.15, 0.2) is 42.5 Å². The van der Waals surface area contributed by atoms with Crippen molar-refractivity contribution >= 4 is 50.7 Å². The number of hydrogen-bond donors (Lipinski definition) is 1. The van der Waals surface area contributed by atoms with Gasteiger partial charge in [-0.2, -0.15) is 0 Å². The van der Waals surface area contributed by atoms with Crippen molar-refractivity contribution in [2.75, 3.05) is 17.1 Å². The average molecular weight is 601 g/mol. The molecule has 1 aliphatic carbocycles. The van der Waals surface area contributed by atoms with Crippen LogP contribution in [0, 0.1) is 5.82 Å². The van der Waals surface area contributed by atoms with Crippen LogP contribution in [0.3, 0.4) is 0 Å². The predicted octanol–water partition coefficient (Wildman–Crippen LogP) is 5.94. The van der Waals surface area contributed by atoms with E-state index in [0.29, 0.717) is 22.2 Å². The van der Waals surface area contributed by atoms with Crippen molar-refractivity contribution in [3.05, 3.63) is 63.9 Å². The van der Waals surface area contributed by atoms with E-state index in [2.05, 4.69) is 5.32 Å². The van der Waals surface area contributed by atoms with E-state index in [1.807, 2.05) is 6.92 Å². The smallest absolute Gasteiger partial charge is 0.243 e. The van der Waals surface area contributed by atoms with Crippen molar-refractivity contribution in [2.45, 2.75) is 76.9 Å². The summed E-state index contributed by atoms with van der Waals surface area (Å²) in [6.45, 7) is 2.04. The molecule has 214 valence electrons. The third kappa shape index (κ3) is 9.08. The van der Waals surface area contributed by atoms with Gasteiger partial charge in [-0.15, -0.1) is 0 Å². The quantitative estimate of drug-likeness (QED) is 0.327. The molecule has 2 amide bonds. The van der Waals surface area contributed by atoms with Crippen LogP contribution in [0.25, 0.3) is 0 Å². The van der Waals surface area contributed by atoms with Crippen LogP contribution in [0.2, 0.25) is 10.0 Å². The van der Waals surface area contributed by atoms with Crippen LogP contribution in [-0.2, 0) is 26.2 Å². The summed E-state index contributed by atoms with van der Waals surface area (Å²) in [7, 11) is -3.66. The molecular weight excluding hydrogens is 564 g/mol. The van der Waals surface area contributed by atoms with Crippen molar-refractivity contribution in [3.8, 4) is 0 Å². The fraction of sp³-hybridized carbons (Fsp3) is 0.500. The monoisotopic (exact) mass is 599 g/mol. The predicted molar refractivity (Wildman–Crippen MR) is 154 cm³/mol. The minimum atomic E-state index is -3.66. The Labute approximate surface area is 240 Å². The minimum Gasteiger partial charge on any atom is -0.352 e. The van der Waals surface area contributed by atoms with E-state index in [0.717, 1.165) is 48.2 Å². The molecule has 3 rings (SSSR count). The normalized spacial score (nSPS) is 15.0. The van der Waals surface area contributed by atoms with Crippen LogP contribution >= 0.6 is 23.2 Å². The Morgan fingerprint density at radius 2 is 1.72 bits per heavy atom. The van der Waals surface area contributed by atoms with Gasteiger partial charge < -0.3 is 10.2 Å². The van der Waals surface area contributed by atoms with E-state index in [-0.39, 0.29) is 43.8 Å². The second kappa shape index (κ2) is 14.3. The summed E-state index contributed by atoms with van der Waals surface area (Å²) < 4.78 is 39.4. The lowest BCUT2D eigenvalue weighted by atomic mass is 9.95. The second-order valence-electron chi connectivity index (χ2n) is 9.95. The molecule has 7 nitrogen and oxygen atoms in total. The van der Waals surface area contributed by atoms with Crippen LogP contribution in [0.4, 0.5) is 10.1 Å². The van der Waals surface area contributed by atoms with Crippen molar-refractivity contribution in [1.82, 2.24) is 10.2 Å². The average Bonchev–Trinajstić information content (AvgIpc) is 2.89. The molecular formula is C28H36Cl2FN3O4S. The molecule has 39 heavy (non-hydrogen) atoms. The molecule has 1 unspecified atom stereocenters. The topological polar surface area (TPSA) is 86.8 Å². The fourth-order valence-corrected chi connectivity index (χ4v) is 6.20. The number of nitrogens with zero attached hydrogens (tertiary/aromatic N) is 2. The van der Waals surface area contributed by atoms with E-state index < -0.39 is 21.9 Å². The Balaban J connectivity index is 1.77. The highest BCUT2D eigenvalue weighted by atomic mass is 35.5. The van der Waals surface area contributed by atoms with Crippen molar-refractivity contribution < 1.29 is 22.4 Å². The summed E-state index contributed by atoms with van der Waals surface area (Å²) in [4.78, 5) is 28.5. The maximum atomic E-state index is 13.6. The number of hydrogen-bond acceptors (Lipinski definition) is 4. The number of carbonyl (C=O) groups is 2. The Bertz CT molecular complexity index is 1240. The molecule has 1 atom stereocenters. The number of amides is 2. The first-order chi connectivity index (χ1) is 18.5. The molecule has 0 spiro atoms. The molecule has 0 aromatic heterocycles. The van der Waals surface area contributed by atoms with Gasteiger partial charge in [0.05, 0.1) is 22.0 Å². The number of rotatable bonds is 12. The highest BCUT2D eigenvalue weighted by Gasteiger charge is 2.30. The van der Waals surface area contributed by atoms with Gasteiger partial charge in [-0.1, -0.05) is 55.5 Å². The van der Waals surface area contributed by atoms with Gasteiger partial charge in [-0.05, 0) is 67.6 Å². The molecule has 2 aromatic rings. The highest BCUT2D eigenvalue weighted by molar-refractivity contribution is 7.92. The van der Waals surface area contributed by atoms with Gasteiger partial charge in [-0.25, -0.2) is 12.8 Å².